The van der Waals surface area contributed by atoms with Gasteiger partial charge in [-0.25, -0.2) is 9.97 Å². The summed E-state index contributed by atoms with van der Waals surface area (Å²) in [4.78, 5) is 9.05. The maximum absolute atomic E-state index is 4.55. The van der Waals surface area contributed by atoms with Crippen LogP contribution in [0.3, 0.4) is 0 Å². The van der Waals surface area contributed by atoms with Crippen LogP contribution in [0.4, 0.5) is 0 Å². The van der Waals surface area contributed by atoms with Gasteiger partial charge in [-0.1, -0.05) is 6.07 Å². The van der Waals surface area contributed by atoms with Gasteiger partial charge in [-0.2, -0.15) is 11.8 Å². The van der Waals surface area contributed by atoms with E-state index in [1.807, 2.05) is 25.6 Å². The molecule has 2 nitrogen and oxygen atoms in total. The summed E-state index contributed by atoms with van der Waals surface area (Å²) in [5.74, 6) is 1.03. The zero-order valence-corrected chi connectivity index (χ0v) is 10.1. The van der Waals surface area contributed by atoms with Crippen molar-refractivity contribution < 1.29 is 0 Å². The van der Waals surface area contributed by atoms with Crippen molar-refractivity contribution in [2.24, 2.45) is 0 Å². The van der Waals surface area contributed by atoms with E-state index in [9.17, 15) is 0 Å². The van der Waals surface area contributed by atoms with E-state index in [-0.39, 0.29) is 0 Å². The lowest BCUT2D eigenvalue weighted by atomic mass is 10.2. The summed E-state index contributed by atoms with van der Waals surface area (Å²) in [5.41, 5.74) is 5.34. The van der Waals surface area contributed by atoms with Gasteiger partial charge in [0.15, 0.2) is 0 Å². The molecule has 0 bridgehead atoms. The molecule has 1 aromatic heterocycles. The van der Waals surface area contributed by atoms with Crippen LogP contribution in [0.5, 0.6) is 0 Å². The van der Waals surface area contributed by atoms with Crippen molar-refractivity contribution >= 4 is 22.8 Å². The Balaban J connectivity index is 2.56. The van der Waals surface area contributed by atoms with Gasteiger partial charge in [0.1, 0.15) is 0 Å². The molecule has 0 radical (unpaired) electrons. The Hall–Kier alpha value is -1.09. The number of aryl methyl sites for hydroxylation is 2. The van der Waals surface area contributed by atoms with Crippen LogP contribution in [-0.4, -0.2) is 16.2 Å². The molecule has 15 heavy (non-hydrogen) atoms. The maximum atomic E-state index is 4.55. The zero-order chi connectivity index (χ0) is 10.8. The van der Waals surface area contributed by atoms with E-state index in [2.05, 4.69) is 34.4 Å². The Labute approximate surface area is 94.1 Å². The van der Waals surface area contributed by atoms with Crippen LogP contribution >= 0.6 is 11.8 Å². The Morgan fingerprint density at radius 1 is 1.07 bits per heavy atom. The molecule has 0 aliphatic carbocycles. The van der Waals surface area contributed by atoms with Gasteiger partial charge in [0.05, 0.1) is 22.4 Å². The Morgan fingerprint density at radius 3 is 2.40 bits per heavy atom. The molecular formula is C12H14N2S. The van der Waals surface area contributed by atoms with Crippen LogP contribution in [-0.2, 0) is 5.75 Å². The van der Waals surface area contributed by atoms with Gasteiger partial charge in [-0.15, -0.1) is 0 Å². The molecule has 0 saturated carbocycles. The molecule has 0 spiro atoms. The van der Waals surface area contributed by atoms with Crippen LogP contribution in [0.2, 0.25) is 0 Å². The molecule has 0 saturated heterocycles. The van der Waals surface area contributed by atoms with Crippen molar-refractivity contribution in [2.75, 3.05) is 6.26 Å². The van der Waals surface area contributed by atoms with Crippen molar-refractivity contribution in [1.82, 2.24) is 9.97 Å². The second-order valence-corrected chi connectivity index (χ2v) is 4.52. The number of benzene rings is 1. The Kier molecular flexibility index (Phi) is 2.91. The highest BCUT2D eigenvalue weighted by Gasteiger charge is 2.02. The SMILES string of the molecule is CSCc1ccc2nc(C)c(C)nc2c1. The summed E-state index contributed by atoms with van der Waals surface area (Å²) in [6.07, 6.45) is 2.11. The number of rotatable bonds is 2. The molecule has 0 N–H and O–H groups in total. The van der Waals surface area contributed by atoms with Gasteiger partial charge in [-0.3, -0.25) is 0 Å². The molecule has 1 heterocycles. The van der Waals surface area contributed by atoms with E-state index >= 15 is 0 Å². The molecule has 0 amide bonds. The Bertz CT molecular complexity index is 494. The minimum Gasteiger partial charge on any atom is -0.250 e. The fourth-order valence-corrected chi connectivity index (χ4v) is 2.05. The first-order valence-corrected chi connectivity index (χ1v) is 6.33. The number of thioether (sulfide) groups is 1. The monoisotopic (exact) mass is 218 g/mol. The van der Waals surface area contributed by atoms with Gasteiger partial charge in [0.25, 0.3) is 0 Å². The standard InChI is InChI=1S/C12H14N2S/c1-8-9(2)14-12-6-10(7-15-3)4-5-11(12)13-8/h4-6H,7H2,1-3H3. The van der Waals surface area contributed by atoms with Gasteiger partial charge in [-0.05, 0) is 37.8 Å². The van der Waals surface area contributed by atoms with Crippen LogP contribution in [0.1, 0.15) is 17.0 Å². The van der Waals surface area contributed by atoms with Gasteiger partial charge in [0.2, 0.25) is 0 Å². The summed E-state index contributed by atoms with van der Waals surface area (Å²) in [6, 6.07) is 6.31. The van der Waals surface area contributed by atoms with Gasteiger partial charge >= 0.3 is 0 Å². The summed E-state index contributed by atoms with van der Waals surface area (Å²) in [5, 5.41) is 0. The topological polar surface area (TPSA) is 25.8 Å². The molecule has 3 heteroatoms. The zero-order valence-electron chi connectivity index (χ0n) is 9.24. The summed E-state index contributed by atoms with van der Waals surface area (Å²) >= 11 is 1.82. The lowest BCUT2D eigenvalue weighted by Crippen LogP contribution is -1.94. The molecule has 0 fully saturated rings. The van der Waals surface area contributed by atoms with E-state index in [1.165, 1.54) is 5.56 Å². The van der Waals surface area contributed by atoms with Crippen LogP contribution < -0.4 is 0 Å². The maximum Gasteiger partial charge on any atom is 0.0893 e. The fraction of sp³-hybridized carbons (Fsp3) is 0.333. The third-order valence-electron chi connectivity index (χ3n) is 2.45. The number of nitrogens with zero attached hydrogens (tertiary/aromatic N) is 2. The second-order valence-electron chi connectivity index (χ2n) is 3.65. The Morgan fingerprint density at radius 2 is 1.73 bits per heavy atom. The van der Waals surface area contributed by atoms with E-state index in [0.29, 0.717) is 0 Å². The second kappa shape index (κ2) is 4.19. The van der Waals surface area contributed by atoms with E-state index < -0.39 is 0 Å². The van der Waals surface area contributed by atoms with Crippen molar-refractivity contribution in [3.05, 3.63) is 35.2 Å². The highest BCUT2D eigenvalue weighted by atomic mass is 32.2. The smallest absolute Gasteiger partial charge is 0.0893 e. The first-order chi connectivity index (χ1) is 7.20. The minimum absolute atomic E-state index is 0.989. The molecule has 2 aromatic rings. The van der Waals surface area contributed by atoms with Crippen molar-refractivity contribution in [2.45, 2.75) is 19.6 Å². The predicted molar refractivity (Wildman–Crippen MR) is 66.2 cm³/mol. The first-order valence-electron chi connectivity index (χ1n) is 4.93. The molecule has 0 unspecified atom stereocenters. The molecule has 1 aromatic carbocycles. The fourth-order valence-electron chi connectivity index (χ4n) is 1.53. The van der Waals surface area contributed by atoms with Crippen molar-refractivity contribution in [3.8, 4) is 0 Å². The number of fused-ring (bicyclic) bond motifs is 1. The molecule has 0 aliphatic heterocycles. The first kappa shape index (κ1) is 10.4. The number of aromatic nitrogens is 2. The lowest BCUT2D eigenvalue weighted by Gasteiger charge is -2.04. The molecular weight excluding hydrogens is 204 g/mol. The predicted octanol–water partition coefficient (Wildman–Crippen LogP) is 3.11. The lowest BCUT2D eigenvalue weighted by molar-refractivity contribution is 1.10. The average molecular weight is 218 g/mol. The highest BCUT2D eigenvalue weighted by Crippen LogP contribution is 2.17. The number of hydrogen-bond acceptors (Lipinski definition) is 3. The summed E-state index contributed by atoms with van der Waals surface area (Å²) < 4.78 is 0. The highest BCUT2D eigenvalue weighted by molar-refractivity contribution is 7.97. The largest absolute Gasteiger partial charge is 0.250 e. The van der Waals surface area contributed by atoms with E-state index in [0.717, 1.165) is 28.2 Å². The van der Waals surface area contributed by atoms with Crippen molar-refractivity contribution in [1.29, 1.82) is 0 Å². The third kappa shape index (κ3) is 2.12. The average Bonchev–Trinajstić information content (AvgIpc) is 2.21. The van der Waals surface area contributed by atoms with Gasteiger partial charge < -0.3 is 0 Å². The quantitative estimate of drug-likeness (QED) is 0.774. The van der Waals surface area contributed by atoms with Crippen LogP contribution in [0, 0.1) is 13.8 Å². The third-order valence-corrected chi connectivity index (χ3v) is 3.07. The molecule has 0 aliphatic rings. The van der Waals surface area contributed by atoms with Crippen LogP contribution in [0.15, 0.2) is 18.2 Å². The summed E-state index contributed by atoms with van der Waals surface area (Å²) in [7, 11) is 0. The van der Waals surface area contributed by atoms with Crippen LogP contribution in [0.25, 0.3) is 11.0 Å². The normalized spacial score (nSPS) is 10.9. The van der Waals surface area contributed by atoms with Crippen molar-refractivity contribution in [3.63, 3.8) is 0 Å². The molecule has 2 rings (SSSR count). The van der Waals surface area contributed by atoms with Gasteiger partial charge in [0, 0.05) is 5.75 Å². The minimum atomic E-state index is 0.989. The molecule has 78 valence electrons. The van der Waals surface area contributed by atoms with E-state index in [4.69, 9.17) is 0 Å². The molecule has 0 atom stereocenters. The van der Waals surface area contributed by atoms with E-state index in [1.54, 1.807) is 0 Å². The summed E-state index contributed by atoms with van der Waals surface area (Å²) in [6.45, 7) is 4.00. The number of hydrogen-bond donors (Lipinski definition) is 0.